The number of hydrogen-bond acceptors (Lipinski definition) is 19. The molecule has 4 bridgehead atoms. The predicted octanol–water partition coefficient (Wildman–Crippen LogP) is 4.53. The SMILES string of the molecule is COc1cc2cc(c1Cl)N(C)C(=O)C[C@H](OC(=O)[C@H](C)N(C)C(=O)CCOC(=O)N(C)CCN(C)C(=O)OC1/C=C/CC(OCC(=O)NCCN3C(=O)CC(SC)C3=O)CCC1)[C@]1(C)O[C@H]1[C@H](C)[C@@H]1C[C@@](O)(NC(=O)O1)[C@H](OC)/C=C/C=C(\C)C2. The third-order valence-corrected chi connectivity index (χ3v) is 17.4. The van der Waals surface area contributed by atoms with E-state index in [9.17, 15) is 48.3 Å². The largest absolute Gasteiger partial charge is 0.495 e. The predicted molar refractivity (Wildman–Crippen MR) is 311 cm³/mol. The average molecular weight is 1230 g/mol. The number of esters is 1. The molecule has 1 aromatic rings. The summed E-state index contributed by atoms with van der Waals surface area (Å²) < 4.78 is 46.3. The number of ether oxygens (including phenoxy) is 8. The van der Waals surface area contributed by atoms with Gasteiger partial charge >= 0.3 is 24.2 Å². The molecule has 8 amide bonds. The highest BCUT2D eigenvalue weighted by atomic mass is 35.5. The number of benzene rings is 1. The van der Waals surface area contributed by atoms with Crippen molar-refractivity contribution in [1.82, 2.24) is 30.2 Å². The molecule has 11 atom stereocenters. The van der Waals surface area contributed by atoms with Crippen molar-refractivity contribution in [3.63, 3.8) is 0 Å². The zero-order valence-corrected chi connectivity index (χ0v) is 51.8. The highest BCUT2D eigenvalue weighted by molar-refractivity contribution is 8.00. The lowest BCUT2D eigenvalue weighted by Crippen LogP contribution is -2.63. The quantitative estimate of drug-likeness (QED) is 0.0564. The summed E-state index contributed by atoms with van der Waals surface area (Å²) in [6, 6.07) is 2.30. The van der Waals surface area contributed by atoms with Crippen molar-refractivity contribution in [2.45, 2.75) is 145 Å². The first-order valence-corrected chi connectivity index (χ1v) is 30.0. The Balaban J connectivity index is 0.979. The number of likely N-dealkylation sites (tertiary alicyclic amines) is 1. The highest BCUT2D eigenvalue weighted by Gasteiger charge is 2.64. The number of amides is 8. The van der Waals surface area contributed by atoms with Gasteiger partial charge in [-0.2, -0.15) is 11.8 Å². The average Bonchev–Trinajstić information content (AvgIpc) is 1.95. The van der Waals surface area contributed by atoms with Gasteiger partial charge < -0.3 is 67.9 Å². The summed E-state index contributed by atoms with van der Waals surface area (Å²) in [4.78, 5) is 124. The molecule has 3 fully saturated rings. The van der Waals surface area contributed by atoms with Gasteiger partial charge in [-0.15, -0.1) is 0 Å². The normalized spacial score (nSPS) is 28.8. The molecule has 0 aromatic heterocycles. The number of anilines is 1. The third-order valence-electron chi connectivity index (χ3n) is 16.1. The zero-order valence-electron chi connectivity index (χ0n) is 50.3. The van der Waals surface area contributed by atoms with E-state index < -0.39 is 96.3 Å². The molecular weight excluding hydrogens is 1150 g/mol. The number of epoxide rings is 1. The summed E-state index contributed by atoms with van der Waals surface area (Å²) >= 11 is 8.15. The minimum absolute atomic E-state index is 0.0605. The van der Waals surface area contributed by atoms with Crippen LogP contribution in [0, 0.1) is 5.92 Å². The maximum Gasteiger partial charge on any atom is 0.410 e. The molecule has 1 aliphatic carbocycles. The fourth-order valence-corrected chi connectivity index (χ4v) is 11.4. The van der Waals surface area contributed by atoms with Crippen molar-refractivity contribution in [3.8, 4) is 5.75 Å². The van der Waals surface area contributed by atoms with Crippen LogP contribution in [0.15, 0.2) is 48.1 Å². The Morgan fingerprint density at radius 1 is 1.00 bits per heavy atom. The molecule has 470 valence electrons. The molecule has 3 N–H and O–H groups in total. The maximum atomic E-state index is 14.4. The number of fused-ring (bicyclic) bond motifs is 5. The van der Waals surface area contributed by atoms with Crippen molar-refractivity contribution < 1.29 is 86.2 Å². The number of imide groups is 1. The first-order valence-electron chi connectivity index (χ1n) is 28.3. The van der Waals surface area contributed by atoms with Gasteiger partial charge in [0.15, 0.2) is 5.72 Å². The second kappa shape index (κ2) is 30.3. The smallest absolute Gasteiger partial charge is 0.410 e. The first kappa shape index (κ1) is 67.7. The van der Waals surface area contributed by atoms with Crippen molar-refractivity contribution in [3.05, 3.63) is 58.7 Å². The van der Waals surface area contributed by atoms with E-state index in [0.717, 1.165) is 16.0 Å². The van der Waals surface area contributed by atoms with Crippen molar-refractivity contribution in [2.24, 2.45) is 5.92 Å². The number of allylic oxidation sites excluding steroid dienone is 3. The minimum Gasteiger partial charge on any atom is -0.495 e. The van der Waals surface area contributed by atoms with Crippen LogP contribution in [0.25, 0.3) is 0 Å². The number of hydrogen-bond donors (Lipinski definition) is 3. The van der Waals surface area contributed by atoms with Crippen molar-refractivity contribution >= 4 is 82.8 Å². The topological polar surface area (TPSA) is 291 Å². The zero-order chi connectivity index (χ0) is 62.5. The lowest BCUT2D eigenvalue weighted by molar-refractivity contribution is -0.162. The Morgan fingerprint density at radius 3 is 2.40 bits per heavy atom. The summed E-state index contributed by atoms with van der Waals surface area (Å²) in [5, 5.41) is 16.8. The lowest BCUT2D eigenvalue weighted by atomic mass is 9.83. The van der Waals surface area contributed by atoms with E-state index in [1.807, 2.05) is 19.1 Å². The van der Waals surface area contributed by atoms with Gasteiger partial charge in [0.1, 0.15) is 60.0 Å². The van der Waals surface area contributed by atoms with Crippen LogP contribution in [0.3, 0.4) is 0 Å². The molecule has 0 radical (unpaired) electrons. The fourth-order valence-electron chi connectivity index (χ4n) is 10.4. The highest BCUT2D eigenvalue weighted by Crippen LogP contribution is 2.49. The van der Waals surface area contributed by atoms with E-state index in [1.165, 1.54) is 80.7 Å². The van der Waals surface area contributed by atoms with Crippen LogP contribution in [0.1, 0.15) is 84.6 Å². The van der Waals surface area contributed by atoms with E-state index in [1.54, 1.807) is 50.5 Å². The molecule has 85 heavy (non-hydrogen) atoms. The van der Waals surface area contributed by atoms with E-state index in [4.69, 9.17) is 49.5 Å². The Labute approximate surface area is 505 Å². The van der Waals surface area contributed by atoms with Crippen LogP contribution in [-0.2, 0) is 68.3 Å². The molecule has 3 saturated heterocycles. The second-order valence-electron chi connectivity index (χ2n) is 22.2. The minimum atomic E-state index is -1.90. The van der Waals surface area contributed by atoms with Crippen LogP contribution in [-0.4, -0.2) is 226 Å². The molecule has 6 rings (SSSR count). The molecule has 0 saturated carbocycles. The Hall–Kier alpha value is -6.45. The van der Waals surface area contributed by atoms with Crippen LogP contribution >= 0.6 is 23.4 Å². The summed E-state index contributed by atoms with van der Waals surface area (Å²) in [6.45, 7) is 6.60. The summed E-state index contributed by atoms with van der Waals surface area (Å²) in [5.41, 5.74) is -1.28. The lowest BCUT2D eigenvalue weighted by Gasteiger charge is -2.42. The number of aliphatic hydroxyl groups is 1. The molecule has 25 nitrogen and oxygen atoms in total. The molecule has 3 unspecified atom stereocenters. The molecule has 1 aromatic carbocycles. The molecule has 5 aliphatic rings. The molecule has 4 aliphatic heterocycles. The second-order valence-corrected chi connectivity index (χ2v) is 23.6. The molecular formula is C58H82ClN7O18S. The number of methoxy groups -OCH3 is 2. The fraction of sp³-hybridized carbons (Fsp3) is 0.638. The molecule has 27 heteroatoms. The molecule has 0 spiro atoms. The number of alkyl carbamates (subject to hydrolysis) is 1. The Bertz CT molecular complexity index is 2730. The molecule has 4 heterocycles. The van der Waals surface area contributed by atoms with Gasteiger partial charge in [0.2, 0.25) is 29.5 Å². The number of likely N-dealkylation sites (N-methyl/N-ethyl adjacent to an activating group) is 3. The van der Waals surface area contributed by atoms with Gasteiger partial charge in [-0.3, -0.25) is 34.2 Å². The van der Waals surface area contributed by atoms with Gasteiger partial charge in [0.25, 0.3) is 0 Å². The van der Waals surface area contributed by atoms with E-state index in [0.29, 0.717) is 43.5 Å². The Morgan fingerprint density at radius 2 is 1.72 bits per heavy atom. The summed E-state index contributed by atoms with van der Waals surface area (Å²) in [6.07, 6.45) is 5.53. The first-order chi connectivity index (χ1) is 40.2. The number of thioether (sulfide) groups is 1. The summed E-state index contributed by atoms with van der Waals surface area (Å²) in [7, 11) is 8.77. The third kappa shape index (κ3) is 17.6. The standard InChI is InChI=1S/C58H82ClN7O18S/c1-34-15-12-20-44(78-10)58(76)32-42(82-54(73)61-58)35(2)51-57(4,84-51)45(31-48(69)65(8)40-28-37(27-34)29-41(77-9)50(40)59)83-53(72)36(3)64(7)47(68)21-26-79-55(74)62(5)24-25-63(6)56(75)81-39-18-13-16-38(17-14-19-39)80-33-46(67)60-22-23-66-49(70)30-43(85-11)52(66)71/h12-13,15,18,20,28-29,35-36,38-39,42-45,51,76H,14,16-17,19,21-27,30-33H2,1-11H3,(H,60,67)(H,61,73)/b18-13+,20-12+,34-15+/t35-,36+,38?,39?,42+,43?,44-,45+,51+,57+,58+/m1/s1. The van der Waals surface area contributed by atoms with Gasteiger partial charge in [-0.05, 0) is 82.9 Å². The number of carbonyl (C=O) groups is 9. The van der Waals surface area contributed by atoms with Crippen molar-refractivity contribution in [2.75, 3.05) is 93.0 Å². The maximum absolute atomic E-state index is 14.4. The van der Waals surface area contributed by atoms with E-state index in [-0.39, 0.29) is 92.8 Å². The number of nitrogens with one attached hydrogen (secondary N) is 2. The number of carbonyl (C=O) groups excluding carboxylic acids is 9. The monoisotopic (exact) mass is 1230 g/mol. The van der Waals surface area contributed by atoms with Gasteiger partial charge in [-0.1, -0.05) is 48.4 Å². The van der Waals surface area contributed by atoms with Crippen LogP contribution in [0.4, 0.5) is 20.1 Å². The number of rotatable bonds is 19. The van der Waals surface area contributed by atoms with Crippen LogP contribution in [0.2, 0.25) is 5.02 Å². The number of nitrogens with zero attached hydrogens (tertiary/aromatic N) is 5. The van der Waals surface area contributed by atoms with Gasteiger partial charge in [-0.25, -0.2) is 19.2 Å². The van der Waals surface area contributed by atoms with Gasteiger partial charge in [0.05, 0.1) is 43.1 Å². The van der Waals surface area contributed by atoms with Crippen molar-refractivity contribution in [1.29, 1.82) is 0 Å². The number of halogens is 1. The van der Waals surface area contributed by atoms with E-state index >= 15 is 0 Å². The Kier molecular flexibility index (Phi) is 24.1. The van der Waals surface area contributed by atoms with Crippen LogP contribution in [0.5, 0.6) is 5.75 Å². The van der Waals surface area contributed by atoms with E-state index in [2.05, 4.69) is 10.6 Å². The summed E-state index contributed by atoms with van der Waals surface area (Å²) in [5.74, 6) is -3.12. The van der Waals surface area contributed by atoms with Gasteiger partial charge in [0, 0.05) is 80.2 Å². The van der Waals surface area contributed by atoms with Crippen LogP contribution < -0.4 is 20.3 Å².